The smallest absolute Gasteiger partial charge is 0.133 e. The van der Waals surface area contributed by atoms with Gasteiger partial charge in [0.1, 0.15) is 23.8 Å². The predicted molar refractivity (Wildman–Crippen MR) is 107 cm³/mol. The summed E-state index contributed by atoms with van der Waals surface area (Å²) in [6.45, 7) is 0.426. The van der Waals surface area contributed by atoms with Gasteiger partial charge in [0.05, 0.1) is 11.3 Å². The highest BCUT2D eigenvalue weighted by Gasteiger charge is 2.17. The normalized spacial score (nSPS) is 10.7. The summed E-state index contributed by atoms with van der Waals surface area (Å²) >= 11 is 0. The fourth-order valence-electron chi connectivity index (χ4n) is 3.10. The van der Waals surface area contributed by atoms with Crippen LogP contribution in [0.1, 0.15) is 5.56 Å². The van der Waals surface area contributed by atoms with Crippen molar-refractivity contribution in [1.82, 2.24) is 9.78 Å². The van der Waals surface area contributed by atoms with E-state index < -0.39 is 0 Å². The highest BCUT2D eigenvalue weighted by molar-refractivity contribution is 5.77. The number of ether oxygens (including phenoxy) is 1. The summed E-state index contributed by atoms with van der Waals surface area (Å²) in [5.74, 6) is 0.759. The number of phenolic OH excluding ortho intramolecular Hbond substituents is 1. The second-order valence-corrected chi connectivity index (χ2v) is 6.33. The van der Waals surface area contributed by atoms with Gasteiger partial charge in [0.2, 0.25) is 0 Å². The molecule has 0 spiro atoms. The average Bonchev–Trinajstić information content (AvgIpc) is 3.09. The standard InChI is InChI=1S/C23H20N2O2/c1-25-20(18-11-6-3-7-12-18)15-19(24-25)23-21(26)13-8-14-22(23)27-16-17-9-4-2-5-10-17/h2-15,26H,16H2,1H3. The maximum absolute atomic E-state index is 10.5. The largest absolute Gasteiger partial charge is 0.507 e. The number of aryl methyl sites for hydroxylation is 1. The molecule has 0 aliphatic heterocycles. The predicted octanol–water partition coefficient (Wildman–Crippen LogP) is 5.04. The van der Waals surface area contributed by atoms with Gasteiger partial charge in [-0.1, -0.05) is 66.7 Å². The van der Waals surface area contributed by atoms with E-state index in [0.29, 0.717) is 23.6 Å². The first-order valence-corrected chi connectivity index (χ1v) is 8.81. The maximum atomic E-state index is 10.5. The zero-order chi connectivity index (χ0) is 18.6. The van der Waals surface area contributed by atoms with Crippen LogP contribution in [0.15, 0.2) is 84.9 Å². The van der Waals surface area contributed by atoms with Gasteiger partial charge in [-0.3, -0.25) is 4.68 Å². The summed E-state index contributed by atoms with van der Waals surface area (Å²) in [5, 5.41) is 15.1. The molecule has 3 aromatic carbocycles. The monoisotopic (exact) mass is 356 g/mol. The summed E-state index contributed by atoms with van der Waals surface area (Å²) < 4.78 is 7.82. The lowest BCUT2D eigenvalue weighted by atomic mass is 10.1. The second-order valence-electron chi connectivity index (χ2n) is 6.33. The molecule has 0 aliphatic carbocycles. The van der Waals surface area contributed by atoms with Crippen LogP contribution in [0.25, 0.3) is 22.5 Å². The topological polar surface area (TPSA) is 47.3 Å². The van der Waals surface area contributed by atoms with Gasteiger partial charge in [0.15, 0.2) is 0 Å². The number of aromatic hydroxyl groups is 1. The van der Waals surface area contributed by atoms with Crippen molar-refractivity contribution < 1.29 is 9.84 Å². The summed E-state index contributed by atoms with van der Waals surface area (Å²) in [6, 6.07) is 27.3. The first kappa shape index (κ1) is 16.9. The third-order valence-corrected chi connectivity index (χ3v) is 4.45. The first-order valence-electron chi connectivity index (χ1n) is 8.81. The minimum Gasteiger partial charge on any atom is -0.507 e. The Morgan fingerprint density at radius 1 is 0.889 bits per heavy atom. The molecule has 4 nitrogen and oxygen atoms in total. The molecule has 0 radical (unpaired) electrons. The van der Waals surface area contributed by atoms with Gasteiger partial charge >= 0.3 is 0 Å². The number of phenols is 1. The Kier molecular flexibility index (Phi) is 4.62. The molecule has 1 aromatic heterocycles. The first-order chi connectivity index (χ1) is 13.2. The maximum Gasteiger partial charge on any atom is 0.133 e. The molecule has 0 atom stereocenters. The Bertz CT molecular complexity index is 1040. The van der Waals surface area contributed by atoms with Gasteiger partial charge in [-0.2, -0.15) is 5.10 Å². The van der Waals surface area contributed by atoms with E-state index in [1.165, 1.54) is 0 Å². The van der Waals surface area contributed by atoms with E-state index in [2.05, 4.69) is 5.10 Å². The van der Waals surface area contributed by atoms with Crippen molar-refractivity contribution in [1.29, 1.82) is 0 Å². The summed E-state index contributed by atoms with van der Waals surface area (Å²) in [7, 11) is 1.90. The molecule has 4 aromatic rings. The second kappa shape index (κ2) is 7.38. The number of nitrogens with zero attached hydrogens (tertiary/aromatic N) is 2. The molecular weight excluding hydrogens is 336 g/mol. The van der Waals surface area contributed by atoms with Crippen LogP contribution in [0.3, 0.4) is 0 Å². The molecule has 27 heavy (non-hydrogen) atoms. The minimum absolute atomic E-state index is 0.151. The highest BCUT2D eigenvalue weighted by Crippen LogP contribution is 2.38. The number of hydrogen-bond donors (Lipinski definition) is 1. The lowest BCUT2D eigenvalue weighted by Crippen LogP contribution is -1.98. The molecule has 1 heterocycles. The lowest BCUT2D eigenvalue weighted by molar-refractivity contribution is 0.306. The quantitative estimate of drug-likeness (QED) is 0.545. The Morgan fingerprint density at radius 3 is 2.33 bits per heavy atom. The number of aromatic nitrogens is 2. The zero-order valence-corrected chi connectivity index (χ0v) is 15.0. The molecular formula is C23H20N2O2. The third kappa shape index (κ3) is 3.55. The zero-order valence-electron chi connectivity index (χ0n) is 15.0. The summed E-state index contributed by atoms with van der Waals surface area (Å²) in [4.78, 5) is 0. The molecule has 134 valence electrons. The molecule has 0 amide bonds. The van der Waals surface area contributed by atoms with E-state index in [-0.39, 0.29) is 5.75 Å². The van der Waals surface area contributed by atoms with Gasteiger partial charge in [-0.15, -0.1) is 0 Å². The Morgan fingerprint density at radius 2 is 1.59 bits per heavy atom. The van der Waals surface area contributed by atoms with E-state index in [9.17, 15) is 5.11 Å². The van der Waals surface area contributed by atoms with Crippen molar-refractivity contribution >= 4 is 0 Å². The van der Waals surface area contributed by atoms with Gasteiger partial charge < -0.3 is 9.84 Å². The van der Waals surface area contributed by atoms with Crippen molar-refractivity contribution in [2.24, 2.45) is 7.05 Å². The molecule has 1 N–H and O–H groups in total. The van der Waals surface area contributed by atoms with Crippen LogP contribution in [0.5, 0.6) is 11.5 Å². The molecule has 0 fully saturated rings. The summed E-state index contributed by atoms with van der Waals surface area (Å²) in [5.41, 5.74) is 4.39. The average molecular weight is 356 g/mol. The van der Waals surface area contributed by atoms with Crippen molar-refractivity contribution in [3.63, 3.8) is 0 Å². The molecule has 0 saturated heterocycles. The van der Waals surface area contributed by atoms with Crippen molar-refractivity contribution in [3.05, 3.63) is 90.5 Å². The van der Waals surface area contributed by atoms with Crippen LogP contribution >= 0.6 is 0 Å². The van der Waals surface area contributed by atoms with Crippen LogP contribution < -0.4 is 4.74 Å². The van der Waals surface area contributed by atoms with E-state index >= 15 is 0 Å². The van der Waals surface area contributed by atoms with Crippen LogP contribution in [-0.2, 0) is 13.7 Å². The van der Waals surface area contributed by atoms with Crippen molar-refractivity contribution in [2.75, 3.05) is 0 Å². The van der Waals surface area contributed by atoms with Gasteiger partial charge in [0, 0.05) is 7.05 Å². The van der Waals surface area contributed by atoms with Crippen LogP contribution in [0, 0.1) is 0 Å². The van der Waals surface area contributed by atoms with E-state index in [4.69, 9.17) is 4.74 Å². The number of benzene rings is 3. The van der Waals surface area contributed by atoms with Gasteiger partial charge in [0.25, 0.3) is 0 Å². The van der Waals surface area contributed by atoms with Crippen molar-refractivity contribution in [3.8, 4) is 34.0 Å². The van der Waals surface area contributed by atoms with Crippen molar-refractivity contribution in [2.45, 2.75) is 6.61 Å². The van der Waals surface area contributed by atoms with E-state index in [1.54, 1.807) is 12.1 Å². The Balaban J connectivity index is 1.70. The number of hydrogen-bond acceptors (Lipinski definition) is 3. The molecule has 0 unspecified atom stereocenters. The molecule has 0 bridgehead atoms. The molecule has 0 aliphatic rings. The minimum atomic E-state index is 0.151. The number of rotatable bonds is 5. The summed E-state index contributed by atoms with van der Waals surface area (Å²) in [6.07, 6.45) is 0. The van der Waals surface area contributed by atoms with Crippen LogP contribution in [-0.4, -0.2) is 14.9 Å². The molecule has 4 rings (SSSR count). The fourth-order valence-corrected chi connectivity index (χ4v) is 3.10. The molecule has 4 heteroatoms. The van der Waals surface area contributed by atoms with Gasteiger partial charge in [-0.25, -0.2) is 0 Å². The lowest BCUT2D eigenvalue weighted by Gasteiger charge is -2.11. The van der Waals surface area contributed by atoms with E-state index in [1.807, 2.05) is 84.5 Å². The van der Waals surface area contributed by atoms with Gasteiger partial charge in [-0.05, 0) is 29.3 Å². The Labute approximate surface area is 158 Å². The van der Waals surface area contributed by atoms with Crippen LogP contribution in [0.2, 0.25) is 0 Å². The third-order valence-electron chi connectivity index (χ3n) is 4.45. The van der Waals surface area contributed by atoms with E-state index in [0.717, 1.165) is 16.8 Å². The Hall–Kier alpha value is -3.53. The van der Waals surface area contributed by atoms with Crippen LogP contribution in [0.4, 0.5) is 0 Å². The highest BCUT2D eigenvalue weighted by atomic mass is 16.5. The fraction of sp³-hybridized carbons (Fsp3) is 0.0870. The molecule has 0 saturated carbocycles. The SMILES string of the molecule is Cn1nc(-c2c(O)cccc2OCc2ccccc2)cc1-c1ccccc1.